The highest BCUT2D eigenvalue weighted by molar-refractivity contribution is 5.94. The van der Waals surface area contributed by atoms with Gasteiger partial charge in [0.1, 0.15) is 0 Å². The Bertz CT molecular complexity index is 859. The van der Waals surface area contributed by atoms with Crippen LogP contribution in [0, 0.1) is 10.1 Å². The van der Waals surface area contributed by atoms with Gasteiger partial charge in [-0.25, -0.2) is 4.79 Å². The van der Waals surface area contributed by atoms with Crippen molar-refractivity contribution in [1.82, 2.24) is 0 Å². The number of nitro benzene ring substituents is 1. The molecule has 2 aromatic rings. The number of esters is 1. The maximum absolute atomic E-state index is 11.9. The van der Waals surface area contributed by atoms with E-state index in [4.69, 9.17) is 4.74 Å². The van der Waals surface area contributed by atoms with E-state index in [9.17, 15) is 19.7 Å². The SMILES string of the molecule is CCCCc1ccc(NC(=O)COC(=O)/C=C/c2ccccc2[N+](=O)[O-])cc1. The van der Waals surface area contributed by atoms with E-state index in [0.29, 0.717) is 5.69 Å². The van der Waals surface area contributed by atoms with Crippen molar-refractivity contribution in [3.05, 3.63) is 75.8 Å². The fraction of sp³-hybridized carbons (Fsp3) is 0.238. The van der Waals surface area contributed by atoms with Crippen LogP contribution in [0.3, 0.4) is 0 Å². The highest BCUT2D eigenvalue weighted by Gasteiger charge is 2.10. The van der Waals surface area contributed by atoms with Crippen molar-refractivity contribution in [2.24, 2.45) is 0 Å². The van der Waals surface area contributed by atoms with Gasteiger partial charge in [-0.1, -0.05) is 37.6 Å². The minimum Gasteiger partial charge on any atom is -0.452 e. The number of para-hydroxylation sites is 1. The van der Waals surface area contributed by atoms with Gasteiger partial charge in [-0.3, -0.25) is 14.9 Å². The van der Waals surface area contributed by atoms with Crippen LogP contribution in [0.4, 0.5) is 11.4 Å². The molecule has 2 rings (SSSR count). The van der Waals surface area contributed by atoms with Gasteiger partial charge in [-0.2, -0.15) is 0 Å². The van der Waals surface area contributed by atoms with Crippen molar-refractivity contribution in [1.29, 1.82) is 0 Å². The number of anilines is 1. The second kappa shape index (κ2) is 10.6. The van der Waals surface area contributed by atoms with Crippen LogP contribution in [-0.4, -0.2) is 23.4 Å². The highest BCUT2D eigenvalue weighted by atomic mass is 16.6. The van der Waals surface area contributed by atoms with Crippen molar-refractivity contribution in [2.75, 3.05) is 11.9 Å². The second-order valence-corrected chi connectivity index (χ2v) is 6.11. The fourth-order valence-electron chi connectivity index (χ4n) is 2.47. The number of amides is 1. The third kappa shape index (κ3) is 6.68. The van der Waals surface area contributed by atoms with Crippen LogP contribution in [0.1, 0.15) is 30.9 Å². The van der Waals surface area contributed by atoms with E-state index >= 15 is 0 Å². The van der Waals surface area contributed by atoms with Gasteiger partial charge in [0.25, 0.3) is 11.6 Å². The van der Waals surface area contributed by atoms with Crippen LogP contribution in [0.25, 0.3) is 6.08 Å². The minimum atomic E-state index is -0.761. The molecule has 0 unspecified atom stereocenters. The van der Waals surface area contributed by atoms with E-state index in [-0.39, 0.29) is 11.3 Å². The monoisotopic (exact) mass is 382 g/mol. The van der Waals surface area contributed by atoms with Gasteiger partial charge < -0.3 is 10.1 Å². The molecule has 0 bridgehead atoms. The maximum atomic E-state index is 11.9. The van der Waals surface area contributed by atoms with Crippen molar-refractivity contribution in [2.45, 2.75) is 26.2 Å². The van der Waals surface area contributed by atoms with Crippen molar-refractivity contribution in [3.63, 3.8) is 0 Å². The first-order chi connectivity index (χ1) is 13.5. The highest BCUT2D eigenvalue weighted by Crippen LogP contribution is 2.19. The van der Waals surface area contributed by atoms with Crippen molar-refractivity contribution < 1.29 is 19.2 Å². The zero-order valence-corrected chi connectivity index (χ0v) is 15.6. The Morgan fingerprint density at radius 1 is 1.14 bits per heavy atom. The molecule has 0 fully saturated rings. The van der Waals surface area contributed by atoms with Gasteiger partial charge >= 0.3 is 5.97 Å². The molecule has 0 heterocycles. The normalized spacial score (nSPS) is 10.6. The standard InChI is InChI=1S/C21H22N2O5/c1-2-3-6-16-9-12-18(13-10-16)22-20(24)15-28-21(25)14-11-17-7-4-5-8-19(17)23(26)27/h4-5,7-14H,2-3,6,15H2,1H3,(H,22,24)/b14-11+. The van der Waals surface area contributed by atoms with Gasteiger partial charge in [-0.05, 0) is 42.7 Å². The predicted octanol–water partition coefficient (Wildman–Crippen LogP) is 4.13. The number of nitro groups is 1. The Morgan fingerprint density at radius 2 is 1.86 bits per heavy atom. The molecule has 0 saturated heterocycles. The Labute approximate surface area is 163 Å². The molecule has 1 N–H and O–H groups in total. The molecular weight excluding hydrogens is 360 g/mol. The van der Waals surface area contributed by atoms with Gasteiger partial charge in [-0.15, -0.1) is 0 Å². The number of nitrogens with one attached hydrogen (secondary N) is 1. The molecule has 0 aromatic heterocycles. The molecule has 7 heteroatoms. The number of nitrogens with zero attached hydrogens (tertiary/aromatic N) is 1. The van der Waals surface area contributed by atoms with E-state index in [1.165, 1.54) is 29.8 Å². The molecule has 1 amide bonds. The lowest BCUT2D eigenvalue weighted by atomic mass is 10.1. The summed E-state index contributed by atoms with van der Waals surface area (Å²) >= 11 is 0. The number of aryl methyl sites for hydroxylation is 1. The van der Waals surface area contributed by atoms with Crippen LogP contribution in [0.15, 0.2) is 54.6 Å². The van der Waals surface area contributed by atoms with E-state index < -0.39 is 23.4 Å². The van der Waals surface area contributed by atoms with Gasteiger partial charge in [0.2, 0.25) is 0 Å². The van der Waals surface area contributed by atoms with Crippen LogP contribution < -0.4 is 5.32 Å². The largest absolute Gasteiger partial charge is 0.452 e. The molecule has 0 aliphatic heterocycles. The summed E-state index contributed by atoms with van der Waals surface area (Å²) in [6.45, 7) is 1.68. The van der Waals surface area contributed by atoms with E-state index in [0.717, 1.165) is 25.3 Å². The third-order valence-corrected chi connectivity index (χ3v) is 3.93. The lowest BCUT2D eigenvalue weighted by Gasteiger charge is -2.06. The molecule has 0 spiro atoms. The summed E-state index contributed by atoms with van der Waals surface area (Å²) in [6.07, 6.45) is 5.57. The number of hydrogen-bond acceptors (Lipinski definition) is 5. The van der Waals surface area contributed by atoms with Gasteiger partial charge in [0, 0.05) is 17.8 Å². The number of carbonyl (C=O) groups is 2. The zero-order valence-electron chi connectivity index (χ0n) is 15.6. The summed E-state index contributed by atoms with van der Waals surface area (Å²) in [4.78, 5) is 34.0. The number of benzene rings is 2. The summed E-state index contributed by atoms with van der Waals surface area (Å²) in [7, 11) is 0. The molecule has 7 nitrogen and oxygen atoms in total. The lowest BCUT2D eigenvalue weighted by molar-refractivity contribution is -0.385. The second-order valence-electron chi connectivity index (χ2n) is 6.11. The number of hydrogen-bond donors (Lipinski definition) is 1. The Kier molecular flexibility index (Phi) is 7.90. The van der Waals surface area contributed by atoms with E-state index in [2.05, 4.69) is 12.2 Å². The molecule has 0 atom stereocenters. The molecule has 28 heavy (non-hydrogen) atoms. The first-order valence-corrected chi connectivity index (χ1v) is 8.96. The van der Waals surface area contributed by atoms with Crippen LogP contribution >= 0.6 is 0 Å². The van der Waals surface area contributed by atoms with Crippen molar-refractivity contribution in [3.8, 4) is 0 Å². The predicted molar refractivity (Wildman–Crippen MR) is 107 cm³/mol. The van der Waals surface area contributed by atoms with Crippen molar-refractivity contribution >= 4 is 29.3 Å². The molecular formula is C21H22N2O5. The minimum absolute atomic E-state index is 0.119. The van der Waals surface area contributed by atoms with Crippen LogP contribution in [-0.2, 0) is 20.7 Å². The van der Waals surface area contributed by atoms with Gasteiger partial charge in [0.15, 0.2) is 6.61 Å². The molecule has 0 aliphatic carbocycles. The Morgan fingerprint density at radius 3 is 2.54 bits per heavy atom. The molecule has 146 valence electrons. The Hall–Kier alpha value is -3.48. The molecule has 0 aliphatic rings. The average Bonchev–Trinajstić information content (AvgIpc) is 2.70. The average molecular weight is 382 g/mol. The summed E-state index contributed by atoms with van der Waals surface area (Å²) in [6, 6.07) is 13.5. The molecule has 0 radical (unpaired) electrons. The Balaban J connectivity index is 1.82. The lowest BCUT2D eigenvalue weighted by Crippen LogP contribution is -2.20. The number of ether oxygens (including phenoxy) is 1. The van der Waals surface area contributed by atoms with E-state index in [1.807, 2.05) is 12.1 Å². The summed E-state index contributed by atoms with van der Waals surface area (Å²) < 4.78 is 4.87. The summed E-state index contributed by atoms with van der Waals surface area (Å²) in [5.74, 6) is -1.23. The first kappa shape index (κ1) is 20.8. The topological polar surface area (TPSA) is 98.5 Å². The van der Waals surface area contributed by atoms with Crippen LogP contribution in [0.5, 0.6) is 0 Å². The van der Waals surface area contributed by atoms with Crippen LogP contribution in [0.2, 0.25) is 0 Å². The number of unbranched alkanes of at least 4 members (excludes halogenated alkanes) is 1. The summed E-state index contributed by atoms with van der Waals surface area (Å²) in [5.41, 5.74) is 1.98. The number of carbonyl (C=O) groups excluding carboxylic acids is 2. The maximum Gasteiger partial charge on any atom is 0.331 e. The smallest absolute Gasteiger partial charge is 0.331 e. The quantitative estimate of drug-likeness (QED) is 0.304. The number of rotatable bonds is 9. The van der Waals surface area contributed by atoms with Gasteiger partial charge in [0.05, 0.1) is 10.5 Å². The zero-order chi connectivity index (χ0) is 20.4. The van der Waals surface area contributed by atoms with E-state index in [1.54, 1.807) is 18.2 Å². The summed E-state index contributed by atoms with van der Waals surface area (Å²) in [5, 5.41) is 13.6. The first-order valence-electron chi connectivity index (χ1n) is 8.96. The fourth-order valence-corrected chi connectivity index (χ4v) is 2.47. The molecule has 0 saturated carbocycles. The molecule has 2 aromatic carbocycles. The third-order valence-electron chi connectivity index (χ3n) is 3.93.